The Balaban J connectivity index is 1.61. The number of ether oxygens (including phenoxy) is 3. The molecule has 1 spiro atoms. The average Bonchev–Trinajstić information content (AvgIpc) is 2.66. The molecule has 4 nitrogen and oxygen atoms in total. The van der Waals surface area contributed by atoms with E-state index in [1.807, 2.05) is 0 Å². The van der Waals surface area contributed by atoms with Gasteiger partial charge in [0.2, 0.25) is 0 Å². The Bertz CT molecular complexity index is 245. The van der Waals surface area contributed by atoms with Gasteiger partial charge in [-0.15, -0.1) is 0 Å². The third-order valence-electron chi connectivity index (χ3n) is 4.00. The summed E-state index contributed by atoms with van der Waals surface area (Å²) in [5.74, 6) is -0.451. The van der Waals surface area contributed by atoms with E-state index < -0.39 is 5.79 Å². The summed E-state index contributed by atoms with van der Waals surface area (Å²) in [6.45, 7) is 1.35. The maximum Gasteiger partial charge on any atom is 0.171 e. The summed E-state index contributed by atoms with van der Waals surface area (Å²) < 4.78 is 17.3. The molecule has 2 atom stereocenters. The molecule has 1 aliphatic heterocycles. The molecule has 1 N–H and O–H groups in total. The molecule has 0 aromatic heterocycles. The number of aliphatic hydroxyl groups is 1. The molecule has 1 heterocycles. The van der Waals surface area contributed by atoms with Gasteiger partial charge in [0, 0.05) is 12.8 Å². The number of hydrogen-bond acceptors (Lipinski definition) is 4. The second kappa shape index (κ2) is 4.26. The summed E-state index contributed by atoms with van der Waals surface area (Å²) in [6, 6.07) is 0. The molecule has 3 aliphatic rings. The van der Waals surface area contributed by atoms with Crippen LogP contribution in [0.25, 0.3) is 0 Å². The van der Waals surface area contributed by atoms with E-state index in [2.05, 4.69) is 0 Å². The summed E-state index contributed by atoms with van der Waals surface area (Å²) in [5.41, 5.74) is 0. The van der Waals surface area contributed by atoms with Crippen LogP contribution in [-0.2, 0) is 14.2 Å². The first-order valence-corrected chi connectivity index (χ1v) is 6.39. The Morgan fingerprint density at radius 3 is 2.50 bits per heavy atom. The fourth-order valence-corrected chi connectivity index (χ4v) is 2.75. The summed E-state index contributed by atoms with van der Waals surface area (Å²) in [5, 5.41) is 9.95. The maximum absolute atomic E-state index is 9.95. The lowest BCUT2D eigenvalue weighted by molar-refractivity contribution is -0.232. The molecule has 4 heteroatoms. The molecule has 16 heavy (non-hydrogen) atoms. The van der Waals surface area contributed by atoms with Crippen molar-refractivity contribution < 1.29 is 19.3 Å². The molecule has 0 amide bonds. The molecule has 0 bridgehead atoms. The monoisotopic (exact) mass is 228 g/mol. The normalized spacial score (nSPS) is 38.8. The molecule has 1 saturated heterocycles. The van der Waals surface area contributed by atoms with Gasteiger partial charge in [0.1, 0.15) is 0 Å². The lowest BCUT2D eigenvalue weighted by Crippen LogP contribution is -2.48. The Morgan fingerprint density at radius 1 is 1.12 bits per heavy atom. The predicted molar refractivity (Wildman–Crippen MR) is 57.0 cm³/mol. The van der Waals surface area contributed by atoms with Gasteiger partial charge in [-0.05, 0) is 25.7 Å². The van der Waals surface area contributed by atoms with Gasteiger partial charge in [-0.25, -0.2) is 0 Å². The molecular formula is C12H20O4. The van der Waals surface area contributed by atoms with Crippen molar-refractivity contribution in [3.05, 3.63) is 0 Å². The van der Waals surface area contributed by atoms with Crippen LogP contribution in [0.4, 0.5) is 0 Å². The number of rotatable bonds is 2. The zero-order chi connectivity index (χ0) is 11.0. The first-order chi connectivity index (χ1) is 7.77. The smallest absolute Gasteiger partial charge is 0.171 e. The highest BCUT2D eigenvalue weighted by Gasteiger charge is 2.46. The molecule has 0 radical (unpaired) electrons. The van der Waals surface area contributed by atoms with Crippen LogP contribution >= 0.6 is 0 Å². The predicted octanol–water partition coefficient (Wildman–Crippen LogP) is 1.21. The molecule has 3 fully saturated rings. The fourth-order valence-electron chi connectivity index (χ4n) is 2.75. The van der Waals surface area contributed by atoms with Crippen molar-refractivity contribution in [3.63, 3.8) is 0 Å². The molecule has 3 rings (SSSR count). The van der Waals surface area contributed by atoms with E-state index in [0.717, 1.165) is 25.7 Å². The Labute approximate surface area is 95.9 Å². The zero-order valence-electron chi connectivity index (χ0n) is 9.56. The minimum absolute atomic E-state index is 0.0999. The Hall–Kier alpha value is -0.160. The summed E-state index contributed by atoms with van der Waals surface area (Å²) in [7, 11) is 0. The first-order valence-electron chi connectivity index (χ1n) is 6.39. The molecule has 92 valence electrons. The lowest BCUT2D eigenvalue weighted by atomic mass is 9.88. The highest BCUT2D eigenvalue weighted by Crippen LogP contribution is 2.38. The van der Waals surface area contributed by atoms with Crippen LogP contribution in [0.1, 0.15) is 38.5 Å². The van der Waals surface area contributed by atoms with Gasteiger partial charge in [-0.2, -0.15) is 0 Å². The molecule has 2 aliphatic carbocycles. The largest absolute Gasteiger partial charge is 0.390 e. The van der Waals surface area contributed by atoms with E-state index in [-0.39, 0.29) is 12.2 Å². The average molecular weight is 228 g/mol. The van der Waals surface area contributed by atoms with E-state index in [1.165, 1.54) is 6.42 Å². The third kappa shape index (κ3) is 1.99. The van der Waals surface area contributed by atoms with Crippen molar-refractivity contribution in [3.8, 4) is 0 Å². The molecule has 0 aromatic carbocycles. The van der Waals surface area contributed by atoms with Gasteiger partial charge in [0.25, 0.3) is 0 Å². The summed E-state index contributed by atoms with van der Waals surface area (Å²) in [4.78, 5) is 0. The standard InChI is InChI=1S/C12H20O4/c13-10-4-5-12(14-6-7-15-12)8-11(10)16-9-2-1-3-9/h9-11,13H,1-8H2. The van der Waals surface area contributed by atoms with Crippen LogP contribution in [0.15, 0.2) is 0 Å². The van der Waals surface area contributed by atoms with Crippen LogP contribution < -0.4 is 0 Å². The molecule has 0 aromatic rings. The highest BCUT2D eigenvalue weighted by molar-refractivity contribution is 4.90. The van der Waals surface area contributed by atoms with Crippen molar-refractivity contribution in [1.82, 2.24) is 0 Å². The summed E-state index contributed by atoms with van der Waals surface area (Å²) >= 11 is 0. The SMILES string of the molecule is OC1CCC2(CC1OC1CCC1)OCCO2. The molecule has 2 unspecified atom stereocenters. The van der Waals surface area contributed by atoms with Crippen molar-refractivity contribution in [2.24, 2.45) is 0 Å². The topological polar surface area (TPSA) is 47.9 Å². The van der Waals surface area contributed by atoms with Gasteiger partial charge in [-0.1, -0.05) is 0 Å². The first kappa shape index (κ1) is 11.0. The van der Waals surface area contributed by atoms with E-state index in [4.69, 9.17) is 14.2 Å². The second-order valence-electron chi connectivity index (χ2n) is 5.15. The molecular weight excluding hydrogens is 208 g/mol. The van der Waals surface area contributed by atoms with Crippen LogP contribution in [-0.4, -0.2) is 42.4 Å². The minimum Gasteiger partial charge on any atom is -0.390 e. The highest BCUT2D eigenvalue weighted by atomic mass is 16.7. The molecule has 2 saturated carbocycles. The van der Waals surface area contributed by atoms with Crippen LogP contribution in [0.2, 0.25) is 0 Å². The van der Waals surface area contributed by atoms with Gasteiger partial charge >= 0.3 is 0 Å². The van der Waals surface area contributed by atoms with Gasteiger partial charge in [0.05, 0.1) is 31.5 Å². The van der Waals surface area contributed by atoms with E-state index in [1.54, 1.807) is 0 Å². The van der Waals surface area contributed by atoms with Crippen LogP contribution in [0.5, 0.6) is 0 Å². The number of aliphatic hydroxyl groups excluding tert-OH is 1. The van der Waals surface area contributed by atoms with Crippen LogP contribution in [0, 0.1) is 0 Å². The zero-order valence-corrected chi connectivity index (χ0v) is 9.56. The van der Waals surface area contributed by atoms with E-state index in [9.17, 15) is 5.11 Å². The van der Waals surface area contributed by atoms with Crippen molar-refractivity contribution >= 4 is 0 Å². The fraction of sp³-hybridized carbons (Fsp3) is 1.00. The minimum atomic E-state index is -0.451. The van der Waals surface area contributed by atoms with E-state index >= 15 is 0 Å². The number of hydrogen-bond donors (Lipinski definition) is 1. The quantitative estimate of drug-likeness (QED) is 0.772. The van der Waals surface area contributed by atoms with Crippen molar-refractivity contribution in [2.75, 3.05) is 13.2 Å². The Kier molecular flexibility index (Phi) is 2.92. The van der Waals surface area contributed by atoms with Crippen molar-refractivity contribution in [1.29, 1.82) is 0 Å². The van der Waals surface area contributed by atoms with Gasteiger partial charge < -0.3 is 19.3 Å². The maximum atomic E-state index is 9.95. The summed E-state index contributed by atoms with van der Waals surface area (Å²) in [6.07, 6.45) is 5.63. The third-order valence-corrected chi connectivity index (χ3v) is 4.00. The van der Waals surface area contributed by atoms with Gasteiger partial charge in [0.15, 0.2) is 5.79 Å². The van der Waals surface area contributed by atoms with E-state index in [0.29, 0.717) is 25.7 Å². The van der Waals surface area contributed by atoms with Gasteiger partial charge in [-0.3, -0.25) is 0 Å². The van der Waals surface area contributed by atoms with Crippen LogP contribution in [0.3, 0.4) is 0 Å². The second-order valence-corrected chi connectivity index (χ2v) is 5.15. The van der Waals surface area contributed by atoms with Crippen molar-refractivity contribution in [2.45, 2.75) is 62.6 Å². The Morgan fingerprint density at radius 2 is 1.88 bits per heavy atom. The lowest BCUT2D eigenvalue weighted by Gasteiger charge is -2.41.